The quantitative estimate of drug-likeness (QED) is 0.874. The fourth-order valence-corrected chi connectivity index (χ4v) is 2.55. The van der Waals surface area contributed by atoms with Crippen LogP contribution in [0.5, 0.6) is 5.75 Å². The highest BCUT2D eigenvalue weighted by Gasteiger charge is 2.27. The molecule has 112 valence electrons. The first-order valence-electron chi connectivity index (χ1n) is 7.17. The number of nitrogens with zero attached hydrogens (tertiary/aromatic N) is 3. The van der Waals surface area contributed by atoms with E-state index >= 15 is 0 Å². The van der Waals surface area contributed by atoms with E-state index in [-0.39, 0.29) is 0 Å². The third-order valence-corrected chi connectivity index (χ3v) is 3.70. The van der Waals surface area contributed by atoms with Gasteiger partial charge < -0.3 is 20.1 Å². The Morgan fingerprint density at radius 1 is 1.40 bits per heavy atom. The number of ether oxygens (including phenoxy) is 1. The maximum Gasteiger partial charge on any atom is 0.204 e. The summed E-state index contributed by atoms with van der Waals surface area (Å²) in [7, 11) is 1.64. The number of aliphatic hydroxyl groups is 1. The fraction of sp³-hybridized carbons (Fsp3) is 0.714. The summed E-state index contributed by atoms with van der Waals surface area (Å²) in [6.07, 6.45) is 4.04. The van der Waals surface area contributed by atoms with Crippen molar-refractivity contribution in [2.24, 2.45) is 0 Å². The number of hydrogen-bond donors (Lipinski definition) is 2. The lowest BCUT2D eigenvalue weighted by Crippen LogP contribution is -2.29. The summed E-state index contributed by atoms with van der Waals surface area (Å²) in [6, 6.07) is 0. The molecule has 0 amide bonds. The zero-order chi connectivity index (χ0) is 14.6. The molecule has 0 aliphatic carbocycles. The molecule has 1 fully saturated rings. The molecule has 0 aromatic carbocycles. The van der Waals surface area contributed by atoms with E-state index in [2.05, 4.69) is 20.2 Å². The number of nitrogens with one attached hydrogen (secondary N) is 1. The zero-order valence-corrected chi connectivity index (χ0v) is 12.5. The molecular weight excluding hydrogens is 256 g/mol. The molecule has 2 N–H and O–H groups in total. The van der Waals surface area contributed by atoms with Crippen LogP contribution in [-0.2, 0) is 0 Å². The second kappa shape index (κ2) is 6.26. The van der Waals surface area contributed by atoms with Gasteiger partial charge in [0.2, 0.25) is 5.75 Å². The second-order valence-corrected chi connectivity index (χ2v) is 5.45. The molecule has 6 nitrogen and oxygen atoms in total. The van der Waals surface area contributed by atoms with Crippen LogP contribution < -0.4 is 15.0 Å². The SMILES string of the molecule is CCNc1ncnc(N2CCCC(C)(O)CC2)c1OC. The number of aromatic nitrogens is 2. The molecule has 1 aliphatic rings. The molecule has 2 heterocycles. The minimum absolute atomic E-state index is 0.584. The van der Waals surface area contributed by atoms with Crippen LogP contribution in [0.1, 0.15) is 33.1 Å². The normalized spacial score (nSPS) is 23.3. The van der Waals surface area contributed by atoms with Crippen molar-refractivity contribution in [3.8, 4) is 5.75 Å². The van der Waals surface area contributed by atoms with Crippen molar-refractivity contribution in [1.29, 1.82) is 0 Å². The smallest absolute Gasteiger partial charge is 0.204 e. The molecule has 0 spiro atoms. The molecule has 1 aromatic rings. The fourth-order valence-electron chi connectivity index (χ4n) is 2.55. The van der Waals surface area contributed by atoms with Crippen molar-refractivity contribution in [2.45, 2.75) is 38.7 Å². The average Bonchev–Trinajstić information content (AvgIpc) is 2.60. The van der Waals surface area contributed by atoms with E-state index < -0.39 is 5.60 Å². The molecule has 1 atom stereocenters. The summed E-state index contributed by atoms with van der Waals surface area (Å²) in [5.41, 5.74) is -0.584. The summed E-state index contributed by atoms with van der Waals surface area (Å²) >= 11 is 0. The molecule has 1 aromatic heterocycles. The van der Waals surface area contributed by atoms with E-state index in [4.69, 9.17) is 4.74 Å². The van der Waals surface area contributed by atoms with Crippen molar-refractivity contribution in [2.75, 3.05) is 37.0 Å². The predicted octanol–water partition coefficient (Wildman–Crippen LogP) is 1.66. The summed E-state index contributed by atoms with van der Waals surface area (Å²) in [5, 5.41) is 13.4. The summed E-state index contributed by atoms with van der Waals surface area (Å²) in [4.78, 5) is 10.8. The second-order valence-electron chi connectivity index (χ2n) is 5.45. The van der Waals surface area contributed by atoms with Crippen molar-refractivity contribution in [1.82, 2.24) is 9.97 Å². The van der Waals surface area contributed by atoms with E-state index in [0.29, 0.717) is 5.75 Å². The van der Waals surface area contributed by atoms with Crippen molar-refractivity contribution in [3.05, 3.63) is 6.33 Å². The number of anilines is 2. The largest absolute Gasteiger partial charge is 0.490 e. The Labute approximate surface area is 120 Å². The molecule has 6 heteroatoms. The van der Waals surface area contributed by atoms with Gasteiger partial charge in [-0.3, -0.25) is 0 Å². The van der Waals surface area contributed by atoms with Gasteiger partial charge in [0.25, 0.3) is 0 Å². The minimum atomic E-state index is -0.584. The Kier molecular flexibility index (Phi) is 4.65. The summed E-state index contributed by atoms with van der Waals surface area (Å²) < 4.78 is 5.48. The number of hydrogen-bond acceptors (Lipinski definition) is 6. The molecule has 1 aliphatic heterocycles. The molecule has 0 bridgehead atoms. The van der Waals surface area contributed by atoms with Gasteiger partial charge in [0.05, 0.1) is 12.7 Å². The molecule has 0 saturated carbocycles. The van der Waals surface area contributed by atoms with Crippen LogP contribution in [-0.4, -0.2) is 47.4 Å². The molecular formula is C14H24N4O2. The van der Waals surface area contributed by atoms with Crippen LogP contribution in [0.4, 0.5) is 11.6 Å². The molecule has 2 rings (SSSR count). The van der Waals surface area contributed by atoms with Crippen LogP contribution >= 0.6 is 0 Å². The highest BCUT2D eigenvalue weighted by molar-refractivity contribution is 5.64. The lowest BCUT2D eigenvalue weighted by Gasteiger charge is -2.25. The van der Waals surface area contributed by atoms with E-state index in [0.717, 1.165) is 50.5 Å². The maximum absolute atomic E-state index is 10.2. The first-order valence-corrected chi connectivity index (χ1v) is 7.17. The lowest BCUT2D eigenvalue weighted by molar-refractivity contribution is 0.0481. The highest BCUT2D eigenvalue weighted by atomic mass is 16.5. The van der Waals surface area contributed by atoms with E-state index in [9.17, 15) is 5.11 Å². The Morgan fingerprint density at radius 3 is 2.90 bits per heavy atom. The van der Waals surface area contributed by atoms with E-state index in [1.54, 1.807) is 13.4 Å². The van der Waals surface area contributed by atoms with Gasteiger partial charge in [-0.15, -0.1) is 0 Å². The van der Waals surface area contributed by atoms with Crippen LogP contribution in [0, 0.1) is 0 Å². The van der Waals surface area contributed by atoms with E-state index in [1.165, 1.54) is 0 Å². The average molecular weight is 280 g/mol. The highest BCUT2D eigenvalue weighted by Crippen LogP contribution is 2.34. The topological polar surface area (TPSA) is 70.5 Å². The number of methoxy groups -OCH3 is 1. The van der Waals surface area contributed by atoms with Crippen LogP contribution in [0.25, 0.3) is 0 Å². The Bertz CT molecular complexity index is 451. The van der Waals surface area contributed by atoms with Crippen LogP contribution in [0.15, 0.2) is 6.33 Å². The van der Waals surface area contributed by atoms with Crippen molar-refractivity contribution >= 4 is 11.6 Å². The Balaban J connectivity index is 2.25. The third-order valence-electron chi connectivity index (χ3n) is 3.70. The Morgan fingerprint density at radius 2 is 2.20 bits per heavy atom. The van der Waals surface area contributed by atoms with Gasteiger partial charge in [0.15, 0.2) is 11.6 Å². The van der Waals surface area contributed by atoms with Crippen LogP contribution in [0.2, 0.25) is 0 Å². The maximum atomic E-state index is 10.2. The number of rotatable bonds is 4. The summed E-state index contributed by atoms with van der Waals surface area (Å²) in [5.74, 6) is 2.20. The first kappa shape index (κ1) is 14.8. The van der Waals surface area contributed by atoms with E-state index in [1.807, 2.05) is 13.8 Å². The zero-order valence-electron chi connectivity index (χ0n) is 12.5. The molecule has 1 saturated heterocycles. The first-order chi connectivity index (χ1) is 9.57. The predicted molar refractivity (Wildman–Crippen MR) is 79.4 cm³/mol. The standard InChI is InChI=1S/C14H24N4O2/c1-4-15-12-11(20-3)13(17-10-16-12)18-8-5-6-14(2,19)7-9-18/h10,19H,4-9H2,1-3H3,(H,15,16,17). The van der Waals surface area contributed by atoms with Crippen LogP contribution in [0.3, 0.4) is 0 Å². The minimum Gasteiger partial charge on any atom is -0.490 e. The third kappa shape index (κ3) is 3.30. The van der Waals surface area contributed by atoms with Gasteiger partial charge >= 0.3 is 0 Å². The van der Waals surface area contributed by atoms with Gasteiger partial charge in [-0.25, -0.2) is 9.97 Å². The summed E-state index contributed by atoms with van der Waals surface area (Å²) in [6.45, 7) is 6.34. The van der Waals surface area contributed by atoms with Gasteiger partial charge in [-0.2, -0.15) is 0 Å². The Hall–Kier alpha value is -1.56. The van der Waals surface area contributed by atoms with Gasteiger partial charge in [-0.05, 0) is 33.1 Å². The molecule has 20 heavy (non-hydrogen) atoms. The van der Waals surface area contributed by atoms with Gasteiger partial charge in [0, 0.05) is 19.6 Å². The monoisotopic (exact) mass is 280 g/mol. The van der Waals surface area contributed by atoms with Crippen molar-refractivity contribution in [3.63, 3.8) is 0 Å². The van der Waals surface area contributed by atoms with Crippen molar-refractivity contribution < 1.29 is 9.84 Å². The van der Waals surface area contributed by atoms with Gasteiger partial charge in [0.1, 0.15) is 6.33 Å². The molecule has 0 radical (unpaired) electrons. The molecule has 1 unspecified atom stereocenters. The van der Waals surface area contributed by atoms with Gasteiger partial charge in [-0.1, -0.05) is 0 Å². The lowest BCUT2D eigenvalue weighted by atomic mass is 9.98.